The number of carbonyl (C=O) groups excluding carboxylic acids is 1. The van der Waals surface area contributed by atoms with E-state index in [4.69, 9.17) is 5.11 Å². The zero-order valence-electron chi connectivity index (χ0n) is 12.8. The lowest BCUT2D eigenvalue weighted by Gasteiger charge is -2.13. The number of allylic oxidation sites excluding steroid dienone is 1. The van der Waals surface area contributed by atoms with E-state index in [1.807, 2.05) is 20.9 Å². The Morgan fingerprint density at radius 2 is 2.14 bits per heavy atom. The number of carboxylic acids is 1. The van der Waals surface area contributed by atoms with E-state index in [2.05, 4.69) is 17.0 Å². The Kier molecular flexibility index (Phi) is 6.14. The summed E-state index contributed by atoms with van der Waals surface area (Å²) in [6.45, 7) is 7.42. The minimum Gasteiger partial charge on any atom is -0.480 e. The van der Waals surface area contributed by atoms with Gasteiger partial charge in [0, 0.05) is 19.2 Å². The van der Waals surface area contributed by atoms with Crippen molar-refractivity contribution in [2.75, 3.05) is 0 Å². The molecule has 0 bridgehead atoms. The highest BCUT2D eigenvalue weighted by molar-refractivity contribution is 5.83. The van der Waals surface area contributed by atoms with Crippen LogP contribution in [-0.4, -0.2) is 32.8 Å². The molecule has 0 radical (unpaired) electrons. The average Bonchev–Trinajstić information content (AvgIpc) is 2.66. The van der Waals surface area contributed by atoms with Crippen molar-refractivity contribution in [2.24, 2.45) is 7.05 Å². The molecular weight excluding hydrogens is 270 g/mol. The summed E-state index contributed by atoms with van der Waals surface area (Å²) in [6, 6.07) is -0.855. The van der Waals surface area contributed by atoms with E-state index in [0.29, 0.717) is 19.3 Å². The Bertz CT molecular complexity index is 535. The van der Waals surface area contributed by atoms with Crippen molar-refractivity contribution in [1.82, 2.24) is 15.1 Å². The van der Waals surface area contributed by atoms with Crippen molar-refractivity contribution in [1.29, 1.82) is 0 Å². The van der Waals surface area contributed by atoms with Gasteiger partial charge in [-0.15, -0.1) is 6.58 Å². The normalized spacial score (nSPS) is 12.0. The zero-order valence-corrected chi connectivity index (χ0v) is 12.8. The Labute approximate surface area is 124 Å². The zero-order chi connectivity index (χ0) is 16.0. The van der Waals surface area contributed by atoms with E-state index in [1.165, 1.54) is 0 Å². The lowest BCUT2D eigenvalue weighted by atomic mass is 10.1. The third-order valence-electron chi connectivity index (χ3n) is 3.55. The Balaban J connectivity index is 2.56. The number of amides is 1. The van der Waals surface area contributed by atoms with Crippen LogP contribution in [0.5, 0.6) is 0 Å². The van der Waals surface area contributed by atoms with E-state index in [9.17, 15) is 9.59 Å². The van der Waals surface area contributed by atoms with Crippen molar-refractivity contribution in [3.8, 4) is 0 Å². The number of nitrogens with zero attached hydrogens (tertiary/aromatic N) is 2. The van der Waals surface area contributed by atoms with Crippen LogP contribution in [0.2, 0.25) is 0 Å². The van der Waals surface area contributed by atoms with Crippen molar-refractivity contribution in [3.63, 3.8) is 0 Å². The third kappa shape index (κ3) is 4.73. The first-order chi connectivity index (χ1) is 9.86. The number of hydrogen-bond acceptors (Lipinski definition) is 3. The van der Waals surface area contributed by atoms with Crippen LogP contribution in [-0.2, 0) is 23.1 Å². The maximum Gasteiger partial charge on any atom is 0.326 e. The van der Waals surface area contributed by atoms with E-state index in [0.717, 1.165) is 17.0 Å². The summed E-state index contributed by atoms with van der Waals surface area (Å²) in [6.07, 6.45) is 3.37. The number of aromatic nitrogens is 2. The smallest absolute Gasteiger partial charge is 0.326 e. The van der Waals surface area contributed by atoms with E-state index in [-0.39, 0.29) is 12.3 Å². The maximum absolute atomic E-state index is 11.9. The van der Waals surface area contributed by atoms with Crippen LogP contribution in [0.15, 0.2) is 12.7 Å². The van der Waals surface area contributed by atoms with Crippen LogP contribution in [0, 0.1) is 13.8 Å². The molecule has 0 aliphatic carbocycles. The first-order valence-corrected chi connectivity index (χ1v) is 6.99. The molecule has 1 atom stereocenters. The van der Waals surface area contributed by atoms with Gasteiger partial charge in [0.25, 0.3) is 0 Å². The van der Waals surface area contributed by atoms with Crippen LogP contribution in [0.25, 0.3) is 0 Å². The Morgan fingerprint density at radius 1 is 1.48 bits per heavy atom. The van der Waals surface area contributed by atoms with Gasteiger partial charge in [-0.2, -0.15) is 5.10 Å². The quantitative estimate of drug-likeness (QED) is 0.711. The number of aryl methyl sites for hydroxylation is 2. The van der Waals surface area contributed by atoms with Gasteiger partial charge in [0.1, 0.15) is 6.04 Å². The number of nitrogens with one attached hydrogen (secondary N) is 1. The van der Waals surface area contributed by atoms with Gasteiger partial charge in [-0.25, -0.2) is 4.79 Å². The number of rotatable bonds is 8. The number of carboxylic acid groups (broad SMARTS) is 1. The van der Waals surface area contributed by atoms with Crippen LogP contribution in [0.1, 0.15) is 36.2 Å². The molecule has 1 heterocycles. The van der Waals surface area contributed by atoms with Gasteiger partial charge in [-0.05, 0) is 38.7 Å². The first kappa shape index (κ1) is 16.9. The SMILES string of the molecule is C=CCCC(NC(=O)CCc1c(C)nn(C)c1C)C(=O)O. The number of carbonyl (C=O) groups is 2. The van der Waals surface area contributed by atoms with Gasteiger partial charge in [-0.1, -0.05) is 6.08 Å². The van der Waals surface area contributed by atoms with E-state index < -0.39 is 12.0 Å². The van der Waals surface area contributed by atoms with Gasteiger partial charge in [-0.3, -0.25) is 9.48 Å². The second-order valence-electron chi connectivity index (χ2n) is 5.10. The van der Waals surface area contributed by atoms with Gasteiger partial charge in [0.2, 0.25) is 5.91 Å². The molecule has 0 aliphatic rings. The standard InChI is InChI=1S/C15H23N3O3/c1-5-6-7-13(15(20)21)16-14(19)9-8-12-10(2)17-18(4)11(12)3/h5,13H,1,6-9H2,2-4H3,(H,16,19)(H,20,21). The molecule has 0 fully saturated rings. The highest BCUT2D eigenvalue weighted by Gasteiger charge is 2.19. The minimum atomic E-state index is -1.01. The lowest BCUT2D eigenvalue weighted by molar-refractivity contribution is -0.142. The second kappa shape index (κ2) is 7.61. The predicted molar refractivity (Wildman–Crippen MR) is 80.0 cm³/mol. The molecule has 116 valence electrons. The monoisotopic (exact) mass is 293 g/mol. The van der Waals surface area contributed by atoms with Crippen molar-refractivity contribution in [3.05, 3.63) is 29.6 Å². The lowest BCUT2D eigenvalue weighted by Crippen LogP contribution is -2.40. The molecule has 6 heteroatoms. The highest BCUT2D eigenvalue weighted by Crippen LogP contribution is 2.14. The largest absolute Gasteiger partial charge is 0.480 e. The molecule has 1 amide bonds. The van der Waals surface area contributed by atoms with Crippen LogP contribution < -0.4 is 5.32 Å². The van der Waals surface area contributed by atoms with Crippen molar-refractivity contribution in [2.45, 2.75) is 45.6 Å². The third-order valence-corrected chi connectivity index (χ3v) is 3.55. The van der Waals surface area contributed by atoms with Gasteiger partial charge >= 0.3 is 5.97 Å². The van der Waals surface area contributed by atoms with Gasteiger partial charge in [0.15, 0.2) is 0 Å². The fourth-order valence-electron chi connectivity index (χ4n) is 2.23. The molecule has 1 rings (SSSR count). The predicted octanol–water partition coefficient (Wildman–Crippen LogP) is 1.51. The molecular formula is C15H23N3O3. The molecule has 0 saturated carbocycles. The number of hydrogen-bond donors (Lipinski definition) is 2. The summed E-state index contributed by atoms with van der Waals surface area (Å²) in [4.78, 5) is 23.0. The summed E-state index contributed by atoms with van der Waals surface area (Å²) in [5, 5.41) is 15.9. The fraction of sp³-hybridized carbons (Fsp3) is 0.533. The van der Waals surface area contributed by atoms with Crippen LogP contribution in [0.3, 0.4) is 0 Å². The summed E-state index contributed by atoms with van der Waals surface area (Å²) in [5.74, 6) is -1.27. The van der Waals surface area contributed by atoms with Crippen molar-refractivity contribution < 1.29 is 14.7 Å². The topological polar surface area (TPSA) is 84.2 Å². The summed E-state index contributed by atoms with van der Waals surface area (Å²) in [5.41, 5.74) is 2.98. The second-order valence-corrected chi connectivity index (χ2v) is 5.10. The van der Waals surface area contributed by atoms with Crippen molar-refractivity contribution >= 4 is 11.9 Å². The highest BCUT2D eigenvalue weighted by atomic mass is 16.4. The maximum atomic E-state index is 11.9. The molecule has 1 aromatic heterocycles. The molecule has 0 aliphatic heterocycles. The van der Waals surface area contributed by atoms with Gasteiger partial charge in [0.05, 0.1) is 5.69 Å². The van der Waals surface area contributed by atoms with E-state index >= 15 is 0 Å². The summed E-state index contributed by atoms with van der Waals surface area (Å²) in [7, 11) is 1.86. The molecule has 1 unspecified atom stereocenters. The number of aliphatic carboxylic acids is 1. The van der Waals surface area contributed by atoms with Crippen LogP contribution >= 0.6 is 0 Å². The minimum absolute atomic E-state index is 0.255. The Hall–Kier alpha value is -2.11. The molecule has 6 nitrogen and oxygen atoms in total. The molecule has 0 saturated heterocycles. The van der Waals surface area contributed by atoms with E-state index in [1.54, 1.807) is 10.8 Å². The molecule has 21 heavy (non-hydrogen) atoms. The van der Waals surface area contributed by atoms with Gasteiger partial charge < -0.3 is 10.4 Å². The summed E-state index contributed by atoms with van der Waals surface area (Å²) < 4.78 is 1.78. The molecule has 0 aromatic carbocycles. The Morgan fingerprint density at radius 3 is 2.62 bits per heavy atom. The average molecular weight is 293 g/mol. The molecule has 1 aromatic rings. The molecule has 0 spiro atoms. The fourth-order valence-corrected chi connectivity index (χ4v) is 2.23. The van der Waals surface area contributed by atoms with Crippen LogP contribution in [0.4, 0.5) is 0 Å². The molecule has 2 N–H and O–H groups in total. The first-order valence-electron chi connectivity index (χ1n) is 6.99. The summed E-state index contributed by atoms with van der Waals surface area (Å²) >= 11 is 0.